The molecule has 0 bridgehead atoms. The third kappa shape index (κ3) is 3.37. The van der Waals surface area contributed by atoms with E-state index in [1.165, 1.54) is 12.1 Å². The van der Waals surface area contributed by atoms with Gasteiger partial charge in [-0.05, 0) is 30.2 Å². The lowest BCUT2D eigenvalue weighted by Crippen LogP contribution is -2.30. The van der Waals surface area contributed by atoms with Crippen LogP contribution in [0.3, 0.4) is 0 Å². The number of halogens is 3. The standard InChI is InChI=1S/C14H13BrF2N2/c15-10-5-6-11(13(17)8-10)14(19-18)7-9-3-1-2-4-12(9)16/h1-6,8,14,19H,7,18H2. The second kappa shape index (κ2) is 6.23. The number of nitrogens with one attached hydrogen (secondary N) is 1. The van der Waals surface area contributed by atoms with Crippen LogP contribution in [0.4, 0.5) is 8.78 Å². The average molecular weight is 327 g/mol. The highest BCUT2D eigenvalue weighted by molar-refractivity contribution is 9.10. The van der Waals surface area contributed by atoms with Crippen molar-refractivity contribution >= 4 is 15.9 Å². The maximum atomic E-state index is 13.9. The molecule has 0 aliphatic heterocycles. The smallest absolute Gasteiger partial charge is 0.129 e. The molecule has 0 radical (unpaired) electrons. The number of rotatable bonds is 4. The van der Waals surface area contributed by atoms with Gasteiger partial charge in [0.05, 0.1) is 6.04 Å². The summed E-state index contributed by atoms with van der Waals surface area (Å²) in [6.07, 6.45) is 0.279. The quantitative estimate of drug-likeness (QED) is 0.667. The Labute approximate surface area is 118 Å². The fourth-order valence-electron chi connectivity index (χ4n) is 1.93. The fraction of sp³-hybridized carbons (Fsp3) is 0.143. The monoisotopic (exact) mass is 326 g/mol. The van der Waals surface area contributed by atoms with E-state index in [1.54, 1.807) is 30.3 Å². The van der Waals surface area contributed by atoms with Gasteiger partial charge in [-0.15, -0.1) is 0 Å². The van der Waals surface area contributed by atoms with Crippen LogP contribution < -0.4 is 11.3 Å². The van der Waals surface area contributed by atoms with Gasteiger partial charge in [0.1, 0.15) is 11.6 Å². The van der Waals surface area contributed by atoms with Crippen molar-refractivity contribution in [1.29, 1.82) is 0 Å². The Balaban J connectivity index is 2.28. The lowest BCUT2D eigenvalue weighted by atomic mass is 9.98. The Morgan fingerprint density at radius 3 is 2.47 bits per heavy atom. The maximum absolute atomic E-state index is 13.9. The molecule has 0 spiro atoms. The molecule has 0 heterocycles. The molecule has 2 aromatic carbocycles. The molecule has 2 aromatic rings. The second-order valence-electron chi connectivity index (χ2n) is 4.18. The molecule has 0 aromatic heterocycles. The van der Waals surface area contributed by atoms with Crippen LogP contribution in [0, 0.1) is 11.6 Å². The number of nitrogens with two attached hydrogens (primary N) is 1. The number of hydrazine groups is 1. The van der Waals surface area contributed by atoms with E-state index in [2.05, 4.69) is 21.4 Å². The van der Waals surface area contributed by atoms with Crippen molar-refractivity contribution in [3.05, 3.63) is 69.7 Å². The van der Waals surface area contributed by atoms with Gasteiger partial charge < -0.3 is 0 Å². The third-order valence-corrected chi connectivity index (χ3v) is 3.41. The van der Waals surface area contributed by atoms with Crippen molar-refractivity contribution < 1.29 is 8.78 Å². The van der Waals surface area contributed by atoms with Crippen LogP contribution in [0.1, 0.15) is 17.2 Å². The van der Waals surface area contributed by atoms with Crippen LogP contribution >= 0.6 is 15.9 Å². The second-order valence-corrected chi connectivity index (χ2v) is 5.10. The van der Waals surface area contributed by atoms with Crippen LogP contribution in [-0.4, -0.2) is 0 Å². The molecule has 1 unspecified atom stereocenters. The summed E-state index contributed by atoms with van der Waals surface area (Å²) >= 11 is 3.19. The SMILES string of the molecule is NNC(Cc1ccccc1F)c1ccc(Br)cc1F. The van der Waals surface area contributed by atoms with E-state index in [1.807, 2.05) is 0 Å². The highest BCUT2D eigenvalue weighted by atomic mass is 79.9. The molecular formula is C14H13BrF2N2. The summed E-state index contributed by atoms with van der Waals surface area (Å²) in [5.41, 5.74) is 3.44. The minimum Gasteiger partial charge on any atom is -0.271 e. The van der Waals surface area contributed by atoms with E-state index in [0.717, 1.165) is 0 Å². The Morgan fingerprint density at radius 2 is 1.84 bits per heavy atom. The number of benzene rings is 2. The van der Waals surface area contributed by atoms with Gasteiger partial charge in [-0.2, -0.15) is 0 Å². The summed E-state index contributed by atoms with van der Waals surface area (Å²) < 4.78 is 28.1. The zero-order chi connectivity index (χ0) is 13.8. The molecule has 0 saturated heterocycles. The first kappa shape index (κ1) is 14.1. The topological polar surface area (TPSA) is 38.0 Å². The minimum atomic E-state index is -0.481. The first-order chi connectivity index (χ1) is 9.11. The largest absolute Gasteiger partial charge is 0.271 e. The highest BCUT2D eigenvalue weighted by Crippen LogP contribution is 2.24. The third-order valence-electron chi connectivity index (χ3n) is 2.92. The zero-order valence-electron chi connectivity index (χ0n) is 10.0. The Hall–Kier alpha value is -1.30. The van der Waals surface area contributed by atoms with Crippen molar-refractivity contribution in [3.63, 3.8) is 0 Å². The van der Waals surface area contributed by atoms with Gasteiger partial charge >= 0.3 is 0 Å². The molecule has 0 fully saturated rings. The van der Waals surface area contributed by atoms with Crippen LogP contribution in [0.2, 0.25) is 0 Å². The molecule has 0 saturated carbocycles. The summed E-state index contributed by atoms with van der Waals surface area (Å²) in [5.74, 6) is 4.76. The normalized spacial score (nSPS) is 12.4. The van der Waals surface area contributed by atoms with Crippen LogP contribution in [0.5, 0.6) is 0 Å². The molecule has 100 valence electrons. The predicted molar refractivity (Wildman–Crippen MR) is 74.3 cm³/mol. The van der Waals surface area contributed by atoms with E-state index in [9.17, 15) is 8.78 Å². The van der Waals surface area contributed by atoms with Gasteiger partial charge in [-0.3, -0.25) is 11.3 Å². The molecule has 0 amide bonds. The van der Waals surface area contributed by atoms with Crippen LogP contribution in [-0.2, 0) is 6.42 Å². The number of hydrogen-bond donors (Lipinski definition) is 2. The predicted octanol–water partition coefficient (Wildman–Crippen LogP) is 3.47. The summed E-state index contributed by atoms with van der Waals surface area (Å²) in [6.45, 7) is 0. The molecule has 1 atom stereocenters. The van der Waals surface area contributed by atoms with Gasteiger partial charge in [-0.25, -0.2) is 8.78 Å². The van der Waals surface area contributed by atoms with Crippen molar-refractivity contribution in [2.75, 3.05) is 0 Å². The van der Waals surface area contributed by atoms with Gasteiger partial charge in [0.25, 0.3) is 0 Å². The van der Waals surface area contributed by atoms with E-state index in [-0.39, 0.29) is 18.1 Å². The lowest BCUT2D eigenvalue weighted by molar-refractivity contribution is 0.498. The Bertz CT molecular complexity index is 575. The lowest BCUT2D eigenvalue weighted by Gasteiger charge is -2.17. The zero-order valence-corrected chi connectivity index (χ0v) is 11.6. The first-order valence-electron chi connectivity index (χ1n) is 5.76. The molecule has 2 rings (SSSR count). The molecule has 0 aliphatic rings. The Morgan fingerprint density at radius 1 is 1.11 bits per heavy atom. The van der Waals surface area contributed by atoms with Gasteiger partial charge in [0.2, 0.25) is 0 Å². The van der Waals surface area contributed by atoms with Crippen molar-refractivity contribution in [1.82, 2.24) is 5.43 Å². The molecule has 5 heteroatoms. The molecule has 2 nitrogen and oxygen atoms in total. The van der Waals surface area contributed by atoms with E-state index in [4.69, 9.17) is 5.84 Å². The summed E-state index contributed by atoms with van der Waals surface area (Å²) in [7, 11) is 0. The summed E-state index contributed by atoms with van der Waals surface area (Å²) in [5, 5.41) is 0. The van der Waals surface area contributed by atoms with Crippen molar-refractivity contribution in [3.8, 4) is 0 Å². The van der Waals surface area contributed by atoms with Crippen molar-refractivity contribution in [2.45, 2.75) is 12.5 Å². The number of hydrogen-bond acceptors (Lipinski definition) is 2. The van der Waals surface area contributed by atoms with Gasteiger partial charge in [0.15, 0.2) is 0 Å². The molecular weight excluding hydrogens is 314 g/mol. The van der Waals surface area contributed by atoms with E-state index >= 15 is 0 Å². The fourth-order valence-corrected chi connectivity index (χ4v) is 2.26. The Kier molecular flexibility index (Phi) is 4.63. The van der Waals surface area contributed by atoms with Crippen LogP contribution in [0.15, 0.2) is 46.9 Å². The van der Waals surface area contributed by atoms with Crippen LogP contribution in [0.25, 0.3) is 0 Å². The molecule has 3 N–H and O–H groups in total. The van der Waals surface area contributed by atoms with Gasteiger partial charge in [0, 0.05) is 10.0 Å². The average Bonchev–Trinajstić information content (AvgIpc) is 2.39. The van der Waals surface area contributed by atoms with E-state index in [0.29, 0.717) is 15.6 Å². The summed E-state index contributed by atoms with van der Waals surface area (Å²) in [4.78, 5) is 0. The minimum absolute atomic E-state index is 0.279. The first-order valence-corrected chi connectivity index (χ1v) is 6.55. The highest BCUT2D eigenvalue weighted by Gasteiger charge is 2.16. The molecule has 19 heavy (non-hydrogen) atoms. The maximum Gasteiger partial charge on any atom is 0.129 e. The molecule has 0 aliphatic carbocycles. The van der Waals surface area contributed by atoms with Crippen molar-refractivity contribution in [2.24, 2.45) is 5.84 Å². The summed E-state index contributed by atoms with van der Waals surface area (Å²) in [6, 6.07) is 10.6. The van der Waals surface area contributed by atoms with E-state index < -0.39 is 6.04 Å². The van der Waals surface area contributed by atoms with Gasteiger partial charge in [-0.1, -0.05) is 40.2 Å².